The summed E-state index contributed by atoms with van der Waals surface area (Å²) in [5, 5.41) is 0. The highest BCUT2D eigenvalue weighted by molar-refractivity contribution is 7.98. The van der Waals surface area contributed by atoms with E-state index in [2.05, 4.69) is 47.4 Å². The number of nitrogens with two attached hydrogens (primary N) is 1. The molecule has 1 aromatic rings. The van der Waals surface area contributed by atoms with Crippen molar-refractivity contribution in [3.63, 3.8) is 0 Å². The number of thioether (sulfide) groups is 1. The lowest BCUT2D eigenvalue weighted by Gasteiger charge is -2.28. The molecule has 3 N–H and O–H groups in total. The van der Waals surface area contributed by atoms with Crippen LogP contribution in [0.4, 0.5) is 11.6 Å². The highest BCUT2D eigenvalue weighted by atomic mass is 32.2. The molecular weight excluding hydrogens is 258 g/mol. The Bertz CT molecular complexity index is 385. The number of anilines is 2. The lowest BCUT2D eigenvalue weighted by Crippen LogP contribution is -2.31. The SMILES string of the molecule is CCCc1c(NN)ncnc1N(C)C(C)CCSC. The Labute approximate surface area is 120 Å². The predicted octanol–water partition coefficient (Wildman–Crippen LogP) is 2.29. The molecule has 1 rings (SSSR count). The first-order valence-electron chi connectivity index (χ1n) is 6.67. The zero-order valence-corrected chi connectivity index (χ0v) is 13.1. The van der Waals surface area contributed by atoms with E-state index in [-0.39, 0.29) is 0 Å². The number of nitrogen functional groups attached to an aromatic ring is 1. The van der Waals surface area contributed by atoms with Crippen LogP contribution in [0.1, 0.15) is 32.3 Å². The fourth-order valence-electron chi connectivity index (χ4n) is 2.00. The fourth-order valence-corrected chi connectivity index (χ4v) is 2.58. The summed E-state index contributed by atoms with van der Waals surface area (Å²) in [6.45, 7) is 4.37. The molecule has 1 heterocycles. The van der Waals surface area contributed by atoms with Crippen LogP contribution in [0.5, 0.6) is 0 Å². The highest BCUT2D eigenvalue weighted by Gasteiger charge is 2.17. The van der Waals surface area contributed by atoms with Gasteiger partial charge in [-0.25, -0.2) is 15.8 Å². The number of hydrazine groups is 1. The van der Waals surface area contributed by atoms with Gasteiger partial charge in [-0.05, 0) is 31.8 Å². The van der Waals surface area contributed by atoms with Gasteiger partial charge in [-0.2, -0.15) is 11.8 Å². The fraction of sp³-hybridized carbons (Fsp3) is 0.692. The smallest absolute Gasteiger partial charge is 0.148 e. The van der Waals surface area contributed by atoms with Gasteiger partial charge in [-0.15, -0.1) is 0 Å². The molecule has 1 aromatic heterocycles. The summed E-state index contributed by atoms with van der Waals surface area (Å²) in [5.41, 5.74) is 3.78. The Morgan fingerprint density at radius 2 is 2.21 bits per heavy atom. The molecule has 108 valence electrons. The summed E-state index contributed by atoms with van der Waals surface area (Å²) in [4.78, 5) is 10.9. The molecule has 0 saturated heterocycles. The number of nitrogens with one attached hydrogen (secondary N) is 1. The Morgan fingerprint density at radius 3 is 2.79 bits per heavy atom. The second kappa shape index (κ2) is 8.22. The first-order chi connectivity index (χ1) is 9.15. The minimum atomic E-state index is 0.448. The molecule has 0 amide bonds. The normalized spacial score (nSPS) is 12.3. The van der Waals surface area contributed by atoms with Gasteiger partial charge in [0.15, 0.2) is 0 Å². The second-order valence-corrected chi connectivity index (χ2v) is 5.65. The average Bonchev–Trinajstić information content (AvgIpc) is 2.44. The monoisotopic (exact) mass is 283 g/mol. The van der Waals surface area contributed by atoms with E-state index >= 15 is 0 Å². The number of hydrogen-bond donors (Lipinski definition) is 2. The van der Waals surface area contributed by atoms with E-state index < -0.39 is 0 Å². The predicted molar refractivity (Wildman–Crippen MR) is 84.7 cm³/mol. The minimum Gasteiger partial charge on any atom is -0.357 e. The van der Waals surface area contributed by atoms with Crippen molar-refractivity contribution in [2.45, 2.75) is 39.2 Å². The molecule has 0 aromatic carbocycles. The molecule has 1 unspecified atom stereocenters. The van der Waals surface area contributed by atoms with Crippen molar-refractivity contribution in [3.05, 3.63) is 11.9 Å². The van der Waals surface area contributed by atoms with E-state index in [1.165, 1.54) is 0 Å². The van der Waals surface area contributed by atoms with E-state index in [1.54, 1.807) is 6.33 Å². The van der Waals surface area contributed by atoms with Gasteiger partial charge in [0.2, 0.25) is 0 Å². The van der Waals surface area contributed by atoms with Crippen LogP contribution in [0.15, 0.2) is 6.33 Å². The minimum absolute atomic E-state index is 0.448. The first kappa shape index (κ1) is 16.0. The summed E-state index contributed by atoms with van der Waals surface area (Å²) in [6.07, 6.45) is 6.81. The van der Waals surface area contributed by atoms with Crippen LogP contribution in [0.25, 0.3) is 0 Å². The summed E-state index contributed by atoms with van der Waals surface area (Å²) in [6, 6.07) is 0.448. The van der Waals surface area contributed by atoms with E-state index in [1.807, 2.05) is 11.8 Å². The topological polar surface area (TPSA) is 67.1 Å². The maximum absolute atomic E-state index is 5.54. The van der Waals surface area contributed by atoms with Crippen molar-refractivity contribution in [2.75, 3.05) is 29.4 Å². The summed E-state index contributed by atoms with van der Waals surface area (Å²) in [7, 11) is 2.09. The Hall–Kier alpha value is -1.01. The van der Waals surface area contributed by atoms with E-state index in [4.69, 9.17) is 5.84 Å². The third-order valence-electron chi connectivity index (χ3n) is 3.29. The molecular formula is C13H25N5S. The third-order valence-corrected chi connectivity index (χ3v) is 3.94. The molecule has 5 nitrogen and oxygen atoms in total. The Kier molecular flexibility index (Phi) is 6.94. The molecule has 0 radical (unpaired) electrons. The first-order valence-corrected chi connectivity index (χ1v) is 8.07. The van der Waals surface area contributed by atoms with E-state index in [9.17, 15) is 0 Å². The van der Waals surface area contributed by atoms with Gasteiger partial charge in [-0.3, -0.25) is 0 Å². The zero-order chi connectivity index (χ0) is 14.3. The number of rotatable bonds is 8. The zero-order valence-electron chi connectivity index (χ0n) is 12.3. The van der Waals surface area contributed by atoms with E-state index in [0.29, 0.717) is 6.04 Å². The lowest BCUT2D eigenvalue weighted by molar-refractivity contribution is 0.656. The van der Waals surface area contributed by atoms with Crippen LogP contribution in [-0.2, 0) is 6.42 Å². The largest absolute Gasteiger partial charge is 0.357 e. The molecule has 0 aliphatic heterocycles. The van der Waals surface area contributed by atoms with Gasteiger partial charge in [-0.1, -0.05) is 13.3 Å². The average molecular weight is 283 g/mol. The van der Waals surface area contributed by atoms with Crippen molar-refractivity contribution in [2.24, 2.45) is 5.84 Å². The molecule has 0 fully saturated rings. The molecule has 0 aliphatic rings. The van der Waals surface area contributed by atoms with E-state index in [0.717, 1.165) is 42.2 Å². The van der Waals surface area contributed by atoms with Crippen molar-refractivity contribution < 1.29 is 0 Å². The van der Waals surface area contributed by atoms with Gasteiger partial charge in [0.25, 0.3) is 0 Å². The van der Waals surface area contributed by atoms with Gasteiger partial charge in [0.05, 0.1) is 0 Å². The van der Waals surface area contributed by atoms with Crippen LogP contribution in [0, 0.1) is 0 Å². The lowest BCUT2D eigenvalue weighted by atomic mass is 10.1. The Morgan fingerprint density at radius 1 is 1.47 bits per heavy atom. The van der Waals surface area contributed by atoms with Gasteiger partial charge in [0, 0.05) is 18.7 Å². The molecule has 0 spiro atoms. The Balaban J connectivity index is 2.97. The highest BCUT2D eigenvalue weighted by Crippen LogP contribution is 2.25. The van der Waals surface area contributed by atoms with Gasteiger partial charge >= 0.3 is 0 Å². The van der Waals surface area contributed by atoms with Gasteiger partial charge in [0.1, 0.15) is 18.0 Å². The summed E-state index contributed by atoms with van der Waals surface area (Å²) < 4.78 is 0. The van der Waals surface area contributed by atoms with Crippen molar-refractivity contribution in [1.82, 2.24) is 9.97 Å². The quantitative estimate of drug-likeness (QED) is 0.563. The maximum Gasteiger partial charge on any atom is 0.148 e. The molecule has 0 aliphatic carbocycles. The number of hydrogen-bond acceptors (Lipinski definition) is 6. The van der Waals surface area contributed by atoms with Crippen LogP contribution in [-0.4, -0.2) is 35.1 Å². The number of aromatic nitrogens is 2. The van der Waals surface area contributed by atoms with Gasteiger partial charge < -0.3 is 10.3 Å². The summed E-state index contributed by atoms with van der Waals surface area (Å²) in [5.74, 6) is 8.42. The molecule has 19 heavy (non-hydrogen) atoms. The van der Waals surface area contributed by atoms with Crippen LogP contribution < -0.4 is 16.2 Å². The van der Waals surface area contributed by atoms with Crippen LogP contribution in [0.2, 0.25) is 0 Å². The molecule has 0 bridgehead atoms. The second-order valence-electron chi connectivity index (χ2n) is 4.66. The van der Waals surface area contributed by atoms with Crippen molar-refractivity contribution in [3.8, 4) is 0 Å². The molecule has 6 heteroatoms. The van der Waals surface area contributed by atoms with Crippen LogP contribution in [0.3, 0.4) is 0 Å². The van der Waals surface area contributed by atoms with Crippen LogP contribution >= 0.6 is 11.8 Å². The van der Waals surface area contributed by atoms with Crippen molar-refractivity contribution in [1.29, 1.82) is 0 Å². The maximum atomic E-state index is 5.54. The standard InChI is InChI=1S/C13H25N5S/c1-5-6-11-12(17-14)15-9-16-13(11)18(3)10(2)7-8-19-4/h9-10H,5-8,14H2,1-4H3,(H,15,16,17). The van der Waals surface area contributed by atoms with Crippen molar-refractivity contribution >= 4 is 23.4 Å². The third kappa shape index (κ3) is 4.24. The number of nitrogens with zero attached hydrogens (tertiary/aromatic N) is 3. The molecule has 1 atom stereocenters. The molecule has 0 saturated carbocycles. The summed E-state index contributed by atoms with van der Waals surface area (Å²) >= 11 is 1.87.